The van der Waals surface area contributed by atoms with Crippen molar-refractivity contribution in [1.82, 2.24) is 4.90 Å². The number of hydrogen-bond acceptors (Lipinski definition) is 2. The molecule has 2 heteroatoms. The largest absolute Gasteiger partial charge is 0.303 e. The van der Waals surface area contributed by atoms with Gasteiger partial charge in [0.15, 0.2) is 0 Å². The van der Waals surface area contributed by atoms with E-state index in [1.54, 1.807) is 0 Å². The van der Waals surface area contributed by atoms with Crippen LogP contribution in [-0.4, -0.2) is 24.8 Å². The minimum atomic E-state index is -0.210. The van der Waals surface area contributed by atoms with Crippen molar-refractivity contribution in [1.29, 1.82) is 0 Å². The molecule has 0 saturated carbocycles. The summed E-state index contributed by atoms with van der Waals surface area (Å²) in [5.74, 6) is 0. The Hall–Kier alpha value is -1.15. The molecule has 0 amide bonds. The molecule has 2 nitrogen and oxygen atoms in total. The van der Waals surface area contributed by atoms with Crippen LogP contribution in [0.4, 0.5) is 0 Å². The van der Waals surface area contributed by atoms with Gasteiger partial charge in [0, 0.05) is 18.5 Å². The van der Waals surface area contributed by atoms with E-state index in [1.165, 1.54) is 5.56 Å². The van der Waals surface area contributed by atoms with E-state index < -0.39 is 0 Å². The summed E-state index contributed by atoms with van der Waals surface area (Å²) in [5, 5.41) is 0. The molecular formula is C15H23NO. The number of benzene rings is 1. The van der Waals surface area contributed by atoms with E-state index in [9.17, 15) is 4.79 Å². The Kier molecular flexibility index (Phi) is 5.36. The van der Waals surface area contributed by atoms with Crippen LogP contribution < -0.4 is 0 Å². The number of carbonyl (C=O) groups is 1. The smallest absolute Gasteiger partial charge is 0.127 e. The topological polar surface area (TPSA) is 20.3 Å². The first-order valence-corrected chi connectivity index (χ1v) is 6.28. The lowest BCUT2D eigenvalue weighted by Gasteiger charge is -2.28. The predicted octanol–water partition coefficient (Wildman–Crippen LogP) is 3.12. The molecule has 0 spiro atoms. The van der Waals surface area contributed by atoms with E-state index in [2.05, 4.69) is 31.0 Å². The molecule has 1 unspecified atom stereocenters. The van der Waals surface area contributed by atoms with Crippen molar-refractivity contribution < 1.29 is 4.79 Å². The Labute approximate surface area is 105 Å². The van der Waals surface area contributed by atoms with Crippen LogP contribution >= 0.6 is 0 Å². The van der Waals surface area contributed by atoms with Crippen molar-refractivity contribution >= 4 is 6.29 Å². The standard InChI is InChI=1S/C15H23NO/c1-4-10-15(2,13-17)12-16(3)11-14-8-6-5-7-9-14/h5-9,13H,4,10-12H2,1-3H3. The highest BCUT2D eigenvalue weighted by Gasteiger charge is 2.24. The van der Waals surface area contributed by atoms with E-state index in [0.717, 1.165) is 32.2 Å². The van der Waals surface area contributed by atoms with Crippen LogP contribution in [-0.2, 0) is 11.3 Å². The molecule has 94 valence electrons. The fourth-order valence-electron chi connectivity index (χ4n) is 2.31. The van der Waals surface area contributed by atoms with E-state index in [1.807, 2.05) is 25.1 Å². The first-order chi connectivity index (χ1) is 8.09. The SMILES string of the molecule is CCCC(C)(C=O)CN(C)Cc1ccccc1. The summed E-state index contributed by atoms with van der Waals surface area (Å²) in [6.45, 7) is 5.89. The van der Waals surface area contributed by atoms with Gasteiger partial charge in [-0.1, -0.05) is 50.6 Å². The third-order valence-corrected chi connectivity index (χ3v) is 3.03. The maximum absolute atomic E-state index is 11.2. The molecule has 1 aromatic rings. The Morgan fingerprint density at radius 2 is 1.94 bits per heavy atom. The van der Waals surface area contributed by atoms with Gasteiger partial charge in [-0.3, -0.25) is 0 Å². The molecule has 0 aliphatic carbocycles. The third kappa shape index (κ3) is 4.70. The van der Waals surface area contributed by atoms with Gasteiger partial charge in [0.2, 0.25) is 0 Å². The van der Waals surface area contributed by atoms with E-state index >= 15 is 0 Å². The van der Waals surface area contributed by atoms with E-state index in [4.69, 9.17) is 0 Å². The van der Waals surface area contributed by atoms with Gasteiger partial charge < -0.3 is 9.69 Å². The van der Waals surface area contributed by atoms with Crippen LogP contribution in [0.1, 0.15) is 32.3 Å². The normalized spacial score (nSPS) is 14.6. The number of nitrogens with zero attached hydrogens (tertiary/aromatic N) is 1. The highest BCUT2D eigenvalue weighted by atomic mass is 16.1. The fourth-order valence-corrected chi connectivity index (χ4v) is 2.31. The molecule has 0 fully saturated rings. The van der Waals surface area contributed by atoms with Crippen molar-refractivity contribution in [3.63, 3.8) is 0 Å². The lowest BCUT2D eigenvalue weighted by atomic mass is 9.87. The highest BCUT2D eigenvalue weighted by Crippen LogP contribution is 2.22. The van der Waals surface area contributed by atoms with Crippen LogP contribution in [0.5, 0.6) is 0 Å². The van der Waals surface area contributed by atoms with Crippen molar-refractivity contribution in [2.75, 3.05) is 13.6 Å². The number of carbonyl (C=O) groups excluding carboxylic acids is 1. The first-order valence-electron chi connectivity index (χ1n) is 6.28. The van der Waals surface area contributed by atoms with Gasteiger partial charge in [-0.15, -0.1) is 0 Å². The van der Waals surface area contributed by atoms with Gasteiger partial charge >= 0.3 is 0 Å². The van der Waals surface area contributed by atoms with Gasteiger partial charge in [0.25, 0.3) is 0 Å². The zero-order valence-corrected chi connectivity index (χ0v) is 11.1. The molecule has 0 bridgehead atoms. The Balaban J connectivity index is 2.54. The zero-order valence-electron chi connectivity index (χ0n) is 11.1. The van der Waals surface area contributed by atoms with E-state index in [0.29, 0.717) is 0 Å². The maximum Gasteiger partial charge on any atom is 0.127 e. The summed E-state index contributed by atoms with van der Waals surface area (Å²) in [6, 6.07) is 10.4. The van der Waals surface area contributed by atoms with Crippen molar-refractivity contribution in [3.05, 3.63) is 35.9 Å². The lowest BCUT2D eigenvalue weighted by molar-refractivity contribution is -0.116. The molecule has 0 aliphatic heterocycles. The van der Waals surface area contributed by atoms with E-state index in [-0.39, 0.29) is 5.41 Å². The van der Waals surface area contributed by atoms with Crippen LogP contribution in [0.2, 0.25) is 0 Å². The second kappa shape index (κ2) is 6.55. The van der Waals surface area contributed by atoms with Crippen LogP contribution in [0.3, 0.4) is 0 Å². The van der Waals surface area contributed by atoms with Crippen molar-refractivity contribution in [3.8, 4) is 0 Å². The summed E-state index contributed by atoms with van der Waals surface area (Å²) in [5.41, 5.74) is 1.08. The lowest BCUT2D eigenvalue weighted by Crippen LogP contribution is -2.34. The molecule has 0 aromatic heterocycles. The average Bonchev–Trinajstić information content (AvgIpc) is 2.30. The number of aldehydes is 1. The molecule has 0 saturated heterocycles. The Bertz CT molecular complexity index is 336. The zero-order chi connectivity index (χ0) is 12.7. The predicted molar refractivity (Wildman–Crippen MR) is 71.9 cm³/mol. The molecule has 17 heavy (non-hydrogen) atoms. The van der Waals surface area contributed by atoms with Gasteiger partial charge in [0.05, 0.1) is 0 Å². The number of hydrogen-bond donors (Lipinski definition) is 0. The maximum atomic E-state index is 11.2. The molecule has 0 aliphatic rings. The van der Waals surface area contributed by atoms with Gasteiger partial charge in [-0.25, -0.2) is 0 Å². The summed E-state index contributed by atoms with van der Waals surface area (Å²) in [7, 11) is 2.07. The third-order valence-electron chi connectivity index (χ3n) is 3.03. The Morgan fingerprint density at radius 1 is 1.29 bits per heavy atom. The van der Waals surface area contributed by atoms with Crippen LogP contribution in [0.25, 0.3) is 0 Å². The van der Waals surface area contributed by atoms with Crippen molar-refractivity contribution in [2.45, 2.75) is 33.2 Å². The molecule has 0 N–H and O–H groups in total. The summed E-state index contributed by atoms with van der Waals surface area (Å²) in [4.78, 5) is 13.4. The van der Waals surface area contributed by atoms with Crippen LogP contribution in [0, 0.1) is 5.41 Å². The monoisotopic (exact) mass is 233 g/mol. The molecule has 0 radical (unpaired) electrons. The van der Waals surface area contributed by atoms with Gasteiger partial charge in [0.1, 0.15) is 6.29 Å². The van der Waals surface area contributed by atoms with Gasteiger partial charge in [-0.05, 0) is 19.0 Å². The molecule has 1 aromatic carbocycles. The molecular weight excluding hydrogens is 210 g/mol. The second-order valence-corrected chi connectivity index (χ2v) is 5.18. The number of rotatable bonds is 7. The van der Waals surface area contributed by atoms with Gasteiger partial charge in [-0.2, -0.15) is 0 Å². The summed E-state index contributed by atoms with van der Waals surface area (Å²) < 4.78 is 0. The quantitative estimate of drug-likeness (QED) is 0.674. The molecule has 1 atom stereocenters. The minimum absolute atomic E-state index is 0.210. The second-order valence-electron chi connectivity index (χ2n) is 5.18. The molecule has 0 heterocycles. The minimum Gasteiger partial charge on any atom is -0.303 e. The fraction of sp³-hybridized carbons (Fsp3) is 0.533. The highest BCUT2D eigenvalue weighted by molar-refractivity contribution is 5.58. The Morgan fingerprint density at radius 3 is 2.47 bits per heavy atom. The van der Waals surface area contributed by atoms with Crippen LogP contribution in [0.15, 0.2) is 30.3 Å². The summed E-state index contributed by atoms with van der Waals surface area (Å²) >= 11 is 0. The molecule has 1 rings (SSSR count). The first kappa shape index (κ1) is 13.9. The summed E-state index contributed by atoms with van der Waals surface area (Å²) in [6.07, 6.45) is 3.11. The average molecular weight is 233 g/mol. The van der Waals surface area contributed by atoms with Crippen molar-refractivity contribution in [2.24, 2.45) is 5.41 Å².